The van der Waals surface area contributed by atoms with E-state index in [9.17, 15) is 9.59 Å². The number of hydrogen-bond donors (Lipinski definition) is 0. The summed E-state index contributed by atoms with van der Waals surface area (Å²) in [6.07, 6.45) is 0.257. The summed E-state index contributed by atoms with van der Waals surface area (Å²) in [5, 5.41) is 0. The molecular weight excluding hydrogens is 234 g/mol. The SMILES string of the molecule is COc1ccc(N2C(=O)CC(C)C2=O)cc1OC. The van der Waals surface area contributed by atoms with Gasteiger partial charge < -0.3 is 9.47 Å². The van der Waals surface area contributed by atoms with Crippen molar-refractivity contribution in [3.8, 4) is 11.5 Å². The average Bonchev–Trinajstić information content (AvgIpc) is 2.62. The predicted molar refractivity (Wildman–Crippen MR) is 65.8 cm³/mol. The summed E-state index contributed by atoms with van der Waals surface area (Å²) in [5.41, 5.74) is 0.520. The molecular formula is C13H15NO4. The van der Waals surface area contributed by atoms with Crippen molar-refractivity contribution >= 4 is 17.5 Å². The molecule has 5 nitrogen and oxygen atoms in total. The van der Waals surface area contributed by atoms with Gasteiger partial charge in [-0.25, -0.2) is 0 Å². The molecule has 1 aromatic rings. The Hall–Kier alpha value is -2.04. The number of benzene rings is 1. The molecule has 0 saturated carbocycles. The van der Waals surface area contributed by atoms with Gasteiger partial charge in [0, 0.05) is 18.4 Å². The average molecular weight is 249 g/mol. The lowest BCUT2D eigenvalue weighted by atomic mass is 10.1. The second-order valence-corrected chi connectivity index (χ2v) is 4.21. The van der Waals surface area contributed by atoms with Gasteiger partial charge in [0.2, 0.25) is 11.8 Å². The molecule has 1 unspecified atom stereocenters. The van der Waals surface area contributed by atoms with Crippen molar-refractivity contribution in [2.24, 2.45) is 5.92 Å². The maximum Gasteiger partial charge on any atom is 0.237 e. The van der Waals surface area contributed by atoms with Gasteiger partial charge in [-0.2, -0.15) is 0 Å². The minimum absolute atomic E-state index is 0.174. The molecule has 5 heteroatoms. The first-order valence-electron chi connectivity index (χ1n) is 5.67. The van der Waals surface area contributed by atoms with Crippen LogP contribution >= 0.6 is 0 Å². The molecule has 0 radical (unpaired) electrons. The van der Waals surface area contributed by atoms with Crippen LogP contribution in [0, 0.1) is 5.92 Å². The first kappa shape index (κ1) is 12.4. The smallest absolute Gasteiger partial charge is 0.237 e. The fourth-order valence-electron chi connectivity index (χ4n) is 2.02. The Bertz CT molecular complexity index is 498. The second kappa shape index (κ2) is 4.68. The minimum Gasteiger partial charge on any atom is -0.493 e. The summed E-state index contributed by atoms with van der Waals surface area (Å²) in [4.78, 5) is 24.9. The third-order valence-corrected chi connectivity index (χ3v) is 3.00. The van der Waals surface area contributed by atoms with Gasteiger partial charge in [0.1, 0.15) is 0 Å². The number of rotatable bonds is 3. The van der Waals surface area contributed by atoms with Crippen LogP contribution in [-0.4, -0.2) is 26.0 Å². The summed E-state index contributed by atoms with van der Waals surface area (Å²) in [6, 6.07) is 4.99. The lowest BCUT2D eigenvalue weighted by Gasteiger charge is -2.16. The van der Waals surface area contributed by atoms with Gasteiger partial charge in [-0.05, 0) is 12.1 Å². The third kappa shape index (κ3) is 1.92. The maximum atomic E-state index is 11.9. The van der Waals surface area contributed by atoms with E-state index >= 15 is 0 Å². The zero-order chi connectivity index (χ0) is 13.3. The first-order chi connectivity index (χ1) is 8.58. The van der Waals surface area contributed by atoms with Crippen molar-refractivity contribution < 1.29 is 19.1 Å². The molecule has 2 rings (SSSR count). The Morgan fingerprint density at radius 3 is 2.33 bits per heavy atom. The Morgan fingerprint density at radius 1 is 1.17 bits per heavy atom. The Labute approximate surface area is 105 Å². The second-order valence-electron chi connectivity index (χ2n) is 4.21. The molecule has 2 amide bonds. The van der Waals surface area contributed by atoms with Crippen LogP contribution in [-0.2, 0) is 9.59 Å². The van der Waals surface area contributed by atoms with Crippen molar-refractivity contribution in [2.75, 3.05) is 19.1 Å². The summed E-state index contributed by atoms with van der Waals surface area (Å²) < 4.78 is 10.3. The highest BCUT2D eigenvalue weighted by molar-refractivity contribution is 6.20. The largest absolute Gasteiger partial charge is 0.493 e. The van der Waals surface area contributed by atoms with Crippen molar-refractivity contribution in [3.63, 3.8) is 0 Å². The predicted octanol–water partition coefficient (Wildman–Crippen LogP) is 1.60. The molecule has 1 heterocycles. The fraction of sp³-hybridized carbons (Fsp3) is 0.385. The van der Waals surface area contributed by atoms with E-state index < -0.39 is 0 Å². The maximum absolute atomic E-state index is 11.9. The summed E-state index contributed by atoms with van der Waals surface area (Å²) in [5.74, 6) is 0.445. The van der Waals surface area contributed by atoms with Crippen LogP contribution in [0.5, 0.6) is 11.5 Å². The van der Waals surface area contributed by atoms with Gasteiger partial charge in [-0.1, -0.05) is 6.92 Å². The van der Waals surface area contributed by atoms with E-state index in [0.717, 1.165) is 0 Å². The molecule has 18 heavy (non-hydrogen) atoms. The molecule has 0 aromatic heterocycles. The topological polar surface area (TPSA) is 55.8 Å². The molecule has 0 spiro atoms. The van der Waals surface area contributed by atoms with Crippen LogP contribution in [0.4, 0.5) is 5.69 Å². The number of anilines is 1. The number of imide groups is 1. The van der Waals surface area contributed by atoms with Gasteiger partial charge >= 0.3 is 0 Å². The number of carbonyl (C=O) groups is 2. The zero-order valence-electron chi connectivity index (χ0n) is 10.6. The van der Waals surface area contributed by atoms with Gasteiger partial charge in [0.25, 0.3) is 0 Å². The van der Waals surface area contributed by atoms with Crippen molar-refractivity contribution in [3.05, 3.63) is 18.2 Å². The van der Waals surface area contributed by atoms with E-state index in [4.69, 9.17) is 9.47 Å². The minimum atomic E-state index is -0.259. The number of amides is 2. The van der Waals surface area contributed by atoms with Gasteiger partial charge in [0.15, 0.2) is 11.5 Å². The van der Waals surface area contributed by atoms with Gasteiger partial charge in [-0.15, -0.1) is 0 Å². The van der Waals surface area contributed by atoms with Crippen LogP contribution < -0.4 is 14.4 Å². The lowest BCUT2D eigenvalue weighted by molar-refractivity contribution is -0.122. The number of ether oxygens (including phenoxy) is 2. The third-order valence-electron chi connectivity index (χ3n) is 3.00. The zero-order valence-corrected chi connectivity index (χ0v) is 10.6. The highest BCUT2D eigenvalue weighted by Gasteiger charge is 2.36. The normalized spacial score (nSPS) is 19.3. The van der Waals surface area contributed by atoms with Gasteiger partial charge in [0.05, 0.1) is 19.9 Å². The molecule has 0 N–H and O–H groups in total. The summed E-state index contributed by atoms with van der Waals surface area (Å²) >= 11 is 0. The molecule has 1 aliphatic heterocycles. The summed E-state index contributed by atoms with van der Waals surface area (Å²) in [6.45, 7) is 1.75. The molecule has 1 fully saturated rings. The summed E-state index contributed by atoms with van der Waals surface area (Å²) in [7, 11) is 3.05. The fourth-order valence-corrected chi connectivity index (χ4v) is 2.02. The van der Waals surface area contributed by atoms with Crippen LogP contribution in [0.3, 0.4) is 0 Å². The quantitative estimate of drug-likeness (QED) is 0.763. The van der Waals surface area contributed by atoms with Crippen molar-refractivity contribution in [1.82, 2.24) is 0 Å². The number of nitrogens with zero attached hydrogens (tertiary/aromatic N) is 1. The van der Waals surface area contributed by atoms with Gasteiger partial charge in [-0.3, -0.25) is 14.5 Å². The number of carbonyl (C=O) groups excluding carboxylic acids is 2. The molecule has 0 bridgehead atoms. The molecule has 1 saturated heterocycles. The molecule has 1 aliphatic rings. The molecule has 0 aliphatic carbocycles. The Morgan fingerprint density at radius 2 is 1.83 bits per heavy atom. The Kier molecular flexibility index (Phi) is 3.23. The number of methoxy groups -OCH3 is 2. The van der Waals surface area contributed by atoms with Crippen LogP contribution in [0.2, 0.25) is 0 Å². The highest BCUT2D eigenvalue weighted by Crippen LogP contribution is 2.34. The van der Waals surface area contributed by atoms with Crippen LogP contribution in [0.25, 0.3) is 0 Å². The van der Waals surface area contributed by atoms with E-state index in [0.29, 0.717) is 17.2 Å². The van der Waals surface area contributed by atoms with E-state index in [1.54, 1.807) is 25.1 Å². The van der Waals surface area contributed by atoms with Crippen LogP contribution in [0.15, 0.2) is 18.2 Å². The van der Waals surface area contributed by atoms with E-state index in [-0.39, 0.29) is 24.2 Å². The first-order valence-corrected chi connectivity index (χ1v) is 5.67. The van der Waals surface area contributed by atoms with Crippen molar-refractivity contribution in [2.45, 2.75) is 13.3 Å². The standard InChI is InChI=1S/C13H15NO4/c1-8-6-12(15)14(13(8)16)9-4-5-10(17-2)11(7-9)18-3/h4-5,7-8H,6H2,1-3H3. The van der Waals surface area contributed by atoms with Crippen LogP contribution in [0.1, 0.15) is 13.3 Å². The van der Waals surface area contributed by atoms with E-state index in [2.05, 4.69) is 0 Å². The lowest BCUT2D eigenvalue weighted by Crippen LogP contribution is -2.29. The monoisotopic (exact) mass is 249 g/mol. The van der Waals surface area contributed by atoms with E-state index in [1.165, 1.54) is 19.1 Å². The highest BCUT2D eigenvalue weighted by atomic mass is 16.5. The van der Waals surface area contributed by atoms with Crippen molar-refractivity contribution in [1.29, 1.82) is 0 Å². The van der Waals surface area contributed by atoms with E-state index in [1.807, 2.05) is 0 Å². The molecule has 96 valence electrons. The number of hydrogen-bond acceptors (Lipinski definition) is 4. The Balaban J connectivity index is 2.40. The molecule has 1 aromatic carbocycles. The molecule has 1 atom stereocenters.